The number of methoxy groups -OCH3 is 1. The topological polar surface area (TPSA) is 66.4 Å². The maximum absolute atomic E-state index is 14.0. The molecule has 0 saturated heterocycles. The minimum Gasteiger partial charge on any atom is -0.497 e. The fraction of sp³-hybridized carbons (Fsp3) is 0.200. The second kappa shape index (κ2) is 8.54. The van der Waals surface area contributed by atoms with E-state index >= 15 is 0 Å². The summed E-state index contributed by atoms with van der Waals surface area (Å²) >= 11 is 0. The van der Waals surface area contributed by atoms with Gasteiger partial charge in [0, 0.05) is 12.0 Å². The third-order valence-corrected chi connectivity index (χ3v) is 5.73. The maximum Gasteiger partial charge on any atom is 0.368 e. The first-order valence-corrected chi connectivity index (χ1v) is 10.3. The molecule has 0 N–H and O–H groups in total. The zero-order chi connectivity index (χ0) is 22.9. The fourth-order valence-electron chi connectivity index (χ4n) is 3.90. The Morgan fingerprint density at radius 3 is 2.55 bits per heavy atom. The number of rotatable bonds is 6. The quantitative estimate of drug-likeness (QED) is 0.298. The average molecular weight is 451 g/mol. The van der Waals surface area contributed by atoms with E-state index in [1.54, 1.807) is 19.2 Å². The normalized spacial score (nSPS) is 18.7. The first-order valence-electron chi connectivity index (χ1n) is 10.3. The van der Waals surface area contributed by atoms with Crippen LogP contribution in [-0.2, 0) is 4.84 Å². The van der Waals surface area contributed by atoms with Crippen molar-refractivity contribution in [2.45, 2.75) is 12.3 Å². The van der Waals surface area contributed by atoms with Crippen molar-refractivity contribution in [1.82, 2.24) is 0 Å². The number of halogens is 2. The molecule has 1 heterocycles. The molecule has 0 spiro atoms. The number of carbonyl (C=O) groups is 1. The van der Waals surface area contributed by atoms with E-state index in [0.29, 0.717) is 29.0 Å². The molecule has 1 aliphatic heterocycles. The van der Waals surface area contributed by atoms with Crippen molar-refractivity contribution in [2.75, 3.05) is 13.9 Å². The van der Waals surface area contributed by atoms with Crippen molar-refractivity contribution in [1.29, 1.82) is 0 Å². The Hall–Kier alpha value is -3.94. The lowest BCUT2D eigenvalue weighted by Gasteiger charge is -2.09. The van der Waals surface area contributed by atoms with Gasteiger partial charge >= 0.3 is 5.97 Å². The zero-order valence-electron chi connectivity index (χ0n) is 17.6. The number of ether oxygens (including phenoxy) is 3. The van der Waals surface area contributed by atoms with Crippen molar-refractivity contribution in [3.05, 3.63) is 89.0 Å². The number of oxime groups is 1. The average Bonchev–Trinajstić information content (AvgIpc) is 3.46. The van der Waals surface area contributed by atoms with E-state index in [1.807, 2.05) is 30.3 Å². The molecule has 0 bridgehead atoms. The van der Waals surface area contributed by atoms with E-state index in [0.717, 1.165) is 29.7 Å². The molecule has 1 saturated carbocycles. The molecule has 2 unspecified atom stereocenters. The summed E-state index contributed by atoms with van der Waals surface area (Å²) in [6, 6.07) is 15.6. The van der Waals surface area contributed by atoms with E-state index in [9.17, 15) is 13.6 Å². The third kappa shape index (κ3) is 4.24. The minimum absolute atomic E-state index is 0.0235. The van der Waals surface area contributed by atoms with E-state index in [-0.39, 0.29) is 18.6 Å². The van der Waals surface area contributed by atoms with Crippen LogP contribution in [0.25, 0.3) is 0 Å². The Balaban J connectivity index is 1.41. The van der Waals surface area contributed by atoms with Crippen molar-refractivity contribution in [3.63, 3.8) is 0 Å². The molecule has 0 amide bonds. The van der Waals surface area contributed by atoms with Gasteiger partial charge in [0.2, 0.25) is 6.79 Å². The smallest absolute Gasteiger partial charge is 0.368 e. The Morgan fingerprint density at radius 1 is 1.00 bits per heavy atom. The van der Waals surface area contributed by atoms with Crippen LogP contribution in [0.5, 0.6) is 17.2 Å². The number of fused-ring (bicyclic) bond motifs is 1. The van der Waals surface area contributed by atoms with Gasteiger partial charge in [0.05, 0.1) is 18.4 Å². The predicted octanol–water partition coefficient (Wildman–Crippen LogP) is 5.07. The van der Waals surface area contributed by atoms with E-state index < -0.39 is 23.2 Å². The summed E-state index contributed by atoms with van der Waals surface area (Å²) in [6.45, 7) is 0.196. The molecule has 3 aromatic carbocycles. The lowest BCUT2D eigenvalue weighted by atomic mass is 10.0. The molecule has 6 nitrogen and oxygen atoms in total. The summed E-state index contributed by atoms with van der Waals surface area (Å²) in [5, 5.41) is 4.11. The van der Waals surface area contributed by atoms with Crippen LogP contribution in [-0.4, -0.2) is 25.6 Å². The molecule has 8 heteroatoms. The number of benzene rings is 3. The van der Waals surface area contributed by atoms with Gasteiger partial charge in [-0.3, -0.25) is 0 Å². The summed E-state index contributed by atoms with van der Waals surface area (Å²) in [5.41, 5.74) is 1.96. The molecule has 168 valence electrons. The van der Waals surface area contributed by atoms with Gasteiger partial charge in [-0.2, -0.15) is 0 Å². The standard InChI is InChI=1S/C25H19F2NO5/c1-30-17-6-2-14(3-7-17)24(28-33-25(29)18-8-5-16(26)11-21(18)27)20-12-19(20)15-4-9-22-23(10-15)32-13-31-22/h2-11,19-20H,12-13H2,1H3. The zero-order valence-corrected chi connectivity index (χ0v) is 17.6. The van der Waals surface area contributed by atoms with Crippen LogP contribution >= 0.6 is 0 Å². The second-order valence-corrected chi connectivity index (χ2v) is 7.77. The molecule has 0 aromatic heterocycles. The Morgan fingerprint density at radius 2 is 1.79 bits per heavy atom. The molecule has 3 aromatic rings. The monoisotopic (exact) mass is 451 g/mol. The van der Waals surface area contributed by atoms with Crippen LogP contribution in [0.2, 0.25) is 0 Å². The molecule has 2 atom stereocenters. The first kappa shape index (κ1) is 20.9. The molecular weight excluding hydrogens is 432 g/mol. The molecule has 1 fully saturated rings. The van der Waals surface area contributed by atoms with Crippen LogP contribution in [0.1, 0.15) is 33.8 Å². The highest BCUT2D eigenvalue weighted by atomic mass is 19.1. The summed E-state index contributed by atoms with van der Waals surface area (Å²) < 4.78 is 43.2. The van der Waals surface area contributed by atoms with Crippen molar-refractivity contribution in [2.24, 2.45) is 11.1 Å². The molecular formula is C25H19F2NO5. The minimum atomic E-state index is -1.01. The van der Waals surface area contributed by atoms with Gasteiger partial charge in [-0.05, 0) is 72.0 Å². The van der Waals surface area contributed by atoms with Gasteiger partial charge in [-0.15, -0.1) is 0 Å². The highest BCUT2D eigenvalue weighted by molar-refractivity contribution is 6.05. The first-order chi connectivity index (χ1) is 16.0. The van der Waals surface area contributed by atoms with Gasteiger partial charge in [-0.25, -0.2) is 13.6 Å². The van der Waals surface area contributed by atoms with Gasteiger partial charge in [-0.1, -0.05) is 11.2 Å². The lowest BCUT2D eigenvalue weighted by Crippen LogP contribution is -2.10. The molecule has 33 heavy (non-hydrogen) atoms. The van der Waals surface area contributed by atoms with Gasteiger partial charge in [0.25, 0.3) is 0 Å². The van der Waals surface area contributed by atoms with Gasteiger partial charge in [0.15, 0.2) is 11.5 Å². The van der Waals surface area contributed by atoms with Crippen molar-refractivity contribution < 1.29 is 32.6 Å². The summed E-state index contributed by atoms with van der Waals surface area (Å²) in [7, 11) is 1.57. The number of carbonyl (C=O) groups excluding carboxylic acids is 1. The van der Waals surface area contributed by atoms with Crippen molar-refractivity contribution in [3.8, 4) is 17.2 Å². The van der Waals surface area contributed by atoms with E-state index in [4.69, 9.17) is 19.0 Å². The van der Waals surface area contributed by atoms with Crippen LogP contribution in [0.15, 0.2) is 65.8 Å². The molecule has 5 rings (SSSR count). The molecule has 1 aliphatic carbocycles. The lowest BCUT2D eigenvalue weighted by molar-refractivity contribution is 0.0510. The molecule has 2 aliphatic rings. The number of hydrogen-bond acceptors (Lipinski definition) is 6. The largest absolute Gasteiger partial charge is 0.497 e. The molecule has 0 radical (unpaired) electrons. The number of hydrogen-bond donors (Lipinski definition) is 0. The Bertz CT molecular complexity index is 1240. The fourth-order valence-corrected chi connectivity index (χ4v) is 3.90. The third-order valence-electron chi connectivity index (χ3n) is 5.73. The van der Waals surface area contributed by atoms with E-state index in [2.05, 4.69) is 5.16 Å². The Labute approximate surface area is 188 Å². The highest BCUT2D eigenvalue weighted by Gasteiger charge is 2.43. The van der Waals surface area contributed by atoms with E-state index in [1.165, 1.54) is 0 Å². The van der Waals surface area contributed by atoms with Crippen LogP contribution < -0.4 is 14.2 Å². The summed E-state index contributed by atoms with van der Waals surface area (Å²) in [6.07, 6.45) is 0.785. The summed E-state index contributed by atoms with van der Waals surface area (Å²) in [4.78, 5) is 17.5. The maximum atomic E-state index is 14.0. The Kier molecular flexibility index (Phi) is 5.42. The second-order valence-electron chi connectivity index (χ2n) is 7.77. The van der Waals surface area contributed by atoms with Crippen molar-refractivity contribution >= 4 is 11.7 Å². The van der Waals surface area contributed by atoms with Crippen LogP contribution in [0.3, 0.4) is 0 Å². The SMILES string of the molecule is COc1ccc(C(=NOC(=O)c2ccc(F)cc2F)C2CC2c2ccc3c(c2)OCO3)cc1. The highest BCUT2D eigenvalue weighted by Crippen LogP contribution is 2.51. The number of nitrogens with zero attached hydrogens (tertiary/aromatic N) is 1. The summed E-state index contributed by atoms with van der Waals surface area (Å²) in [5.74, 6) is -0.604. The predicted molar refractivity (Wildman–Crippen MR) is 115 cm³/mol. The van der Waals surface area contributed by atoms with Crippen LogP contribution in [0, 0.1) is 17.6 Å². The van der Waals surface area contributed by atoms with Gasteiger partial charge in [0.1, 0.15) is 17.4 Å². The van der Waals surface area contributed by atoms with Gasteiger partial charge < -0.3 is 19.0 Å². The van der Waals surface area contributed by atoms with Crippen LogP contribution in [0.4, 0.5) is 8.78 Å².